The van der Waals surface area contributed by atoms with Gasteiger partial charge >= 0.3 is 0 Å². The molecule has 8 heteroatoms. The molecule has 1 amide bonds. The van der Waals surface area contributed by atoms with Crippen molar-refractivity contribution in [1.82, 2.24) is 15.0 Å². The van der Waals surface area contributed by atoms with Crippen LogP contribution in [0.4, 0.5) is 0 Å². The van der Waals surface area contributed by atoms with Crippen LogP contribution in [-0.2, 0) is 0 Å². The summed E-state index contributed by atoms with van der Waals surface area (Å²) in [6.07, 6.45) is 4.30. The van der Waals surface area contributed by atoms with E-state index in [-0.39, 0.29) is 36.8 Å². The van der Waals surface area contributed by atoms with Crippen LogP contribution in [0.3, 0.4) is 0 Å². The predicted molar refractivity (Wildman–Crippen MR) is 91.9 cm³/mol. The van der Waals surface area contributed by atoms with Crippen LogP contribution in [0.5, 0.6) is 0 Å². The summed E-state index contributed by atoms with van der Waals surface area (Å²) in [5.74, 6) is 0.819. The fourth-order valence-electron chi connectivity index (χ4n) is 2.76. The largest absolute Gasteiger partial charge is 0.355 e. The van der Waals surface area contributed by atoms with Gasteiger partial charge in [0.25, 0.3) is 5.91 Å². The van der Waals surface area contributed by atoms with Crippen molar-refractivity contribution in [2.75, 3.05) is 13.1 Å². The molecule has 0 radical (unpaired) electrons. The van der Waals surface area contributed by atoms with Gasteiger partial charge in [0, 0.05) is 36.6 Å². The van der Waals surface area contributed by atoms with Gasteiger partial charge in [-0.1, -0.05) is 5.16 Å². The average Bonchev–Trinajstić information content (AvgIpc) is 3.14. The van der Waals surface area contributed by atoms with E-state index in [4.69, 9.17) is 10.3 Å². The summed E-state index contributed by atoms with van der Waals surface area (Å²) >= 11 is 0. The number of halogens is 2. The van der Waals surface area contributed by atoms with E-state index in [1.54, 1.807) is 18.5 Å². The molecule has 0 bridgehead atoms. The van der Waals surface area contributed by atoms with Crippen molar-refractivity contribution in [2.24, 2.45) is 11.7 Å². The van der Waals surface area contributed by atoms with E-state index >= 15 is 0 Å². The fourth-order valence-corrected chi connectivity index (χ4v) is 2.76. The predicted octanol–water partition coefficient (Wildman–Crippen LogP) is 2.39. The molecule has 2 aromatic rings. The van der Waals surface area contributed by atoms with Crippen LogP contribution in [0.2, 0.25) is 0 Å². The second kappa shape index (κ2) is 8.29. The minimum absolute atomic E-state index is 0. The zero-order valence-electron chi connectivity index (χ0n) is 12.7. The van der Waals surface area contributed by atoms with E-state index in [2.05, 4.69) is 10.1 Å². The Morgan fingerprint density at radius 1 is 1.48 bits per heavy atom. The first-order chi connectivity index (χ1) is 10.2. The molecule has 1 saturated heterocycles. The molecule has 6 nitrogen and oxygen atoms in total. The summed E-state index contributed by atoms with van der Waals surface area (Å²) in [7, 11) is 0. The van der Waals surface area contributed by atoms with Crippen molar-refractivity contribution in [2.45, 2.75) is 19.4 Å². The van der Waals surface area contributed by atoms with Gasteiger partial charge in [-0.25, -0.2) is 0 Å². The number of carbonyl (C=O) groups excluding carboxylic acids is 1. The van der Waals surface area contributed by atoms with Gasteiger partial charge in [-0.15, -0.1) is 24.8 Å². The number of hydrogen-bond acceptors (Lipinski definition) is 5. The number of aromatic nitrogens is 2. The maximum absolute atomic E-state index is 12.5. The normalized spacial score (nSPS) is 19.8. The third kappa shape index (κ3) is 4.02. The number of hydrogen-bond donors (Lipinski definition) is 1. The van der Waals surface area contributed by atoms with Crippen LogP contribution in [0.1, 0.15) is 23.8 Å². The highest BCUT2D eigenvalue weighted by atomic mass is 35.5. The summed E-state index contributed by atoms with van der Waals surface area (Å²) in [6.45, 7) is 3.33. The molecule has 126 valence electrons. The molecule has 23 heavy (non-hydrogen) atoms. The molecule has 1 aliphatic rings. The Hall–Kier alpha value is -1.63. The third-order valence-electron chi connectivity index (χ3n) is 3.93. The number of carbonyl (C=O) groups is 1. The molecule has 0 aromatic carbocycles. The average molecular weight is 359 g/mol. The Balaban J connectivity index is 0.00000132. The molecule has 0 aliphatic carbocycles. The number of nitrogens with two attached hydrogens (primary N) is 1. The first kappa shape index (κ1) is 19.4. The van der Waals surface area contributed by atoms with Crippen molar-refractivity contribution < 1.29 is 9.32 Å². The number of nitrogens with zero attached hydrogens (tertiary/aromatic N) is 3. The van der Waals surface area contributed by atoms with E-state index in [0.29, 0.717) is 30.5 Å². The van der Waals surface area contributed by atoms with Gasteiger partial charge in [0.15, 0.2) is 11.5 Å². The maximum Gasteiger partial charge on any atom is 0.276 e. The Bertz CT molecular complexity index is 635. The molecule has 2 aromatic heterocycles. The lowest BCUT2D eigenvalue weighted by atomic mass is 10.1. The molecule has 2 atom stereocenters. The van der Waals surface area contributed by atoms with Crippen LogP contribution in [-0.4, -0.2) is 40.1 Å². The highest BCUT2D eigenvalue weighted by molar-refractivity contribution is 5.93. The van der Waals surface area contributed by atoms with Crippen LogP contribution in [0.25, 0.3) is 11.3 Å². The molecule has 3 rings (SSSR count). The third-order valence-corrected chi connectivity index (χ3v) is 3.93. The van der Waals surface area contributed by atoms with Crippen LogP contribution in [0.15, 0.2) is 35.1 Å². The highest BCUT2D eigenvalue weighted by Gasteiger charge is 2.33. The van der Waals surface area contributed by atoms with Gasteiger partial charge in [-0.05, 0) is 37.9 Å². The van der Waals surface area contributed by atoms with Gasteiger partial charge < -0.3 is 15.2 Å². The summed E-state index contributed by atoms with van der Waals surface area (Å²) in [5.41, 5.74) is 6.83. The molecular weight excluding hydrogens is 339 g/mol. The zero-order chi connectivity index (χ0) is 14.8. The van der Waals surface area contributed by atoms with E-state index < -0.39 is 0 Å². The monoisotopic (exact) mass is 358 g/mol. The van der Waals surface area contributed by atoms with Crippen LogP contribution >= 0.6 is 24.8 Å². The van der Waals surface area contributed by atoms with Gasteiger partial charge in [-0.2, -0.15) is 0 Å². The number of likely N-dealkylation sites (tertiary alicyclic amines) is 1. The molecular formula is C15H20Cl2N4O2. The Morgan fingerprint density at radius 2 is 2.26 bits per heavy atom. The summed E-state index contributed by atoms with van der Waals surface area (Å²) in [5, 5.41) is 3.90. The Labute approximate surface area is 147 Å². The smallest absolute Gasteiger partial charge is 0.276 e. The standard InChI is InChI=1S/C15H18N4O2.2ClH/c1-10-5-11(7-16)9-19(10)15(20)13-6-14(21-18-13)12-3-2-4-17-8-12;;/h2-4,6,8,10-11H,5,7,9,16H2,1H3;2*1H. The van der Waals surface area contributed by atoms with Gasteiger partial charge in [0.05, 0.1) is 0 Å². The molecule has 2 N–H and O–H groups in total. The quantitative estimate of drug-likeness (QED) is 0.910. The van der Waals surface area contributed by atoms with E-state index in [0.717, 1.165) is 12.0 Å². The second-order valence-corrected chi connectivity index (χ2v) is 5.46. The molecule has 1 fully saturated rings. The van der Waals surface area contributed by atoms with E-state index in [9.17, 15) is 4.79 Å². The minimum Gasteiger partial charge on any atom is -0.355 e. The summed E-state index contributed by atoms with van der Waals surface area (Å²) < 4.78 is 5.26. The first-order valence-electron chi connectivity index (χ1n) is 7.07. The fraction of sp³-hybridized carbons (Fsp3) is 0.400. The van der Waals surface area contributed by atoms with Crippen molar-refractivity contribution in [3.8, 4) is 11.3 Å². The number of rotatable bonds is 3. The van der Waals surface area contributed by atoms with Crippen LogP contribution in [0, 0.1) is 5.92 Å². The minimum atomic E-state index is -0.0997. The lowest BCUT2D eigenvalue weighted by Gasteiger charge is -2.19. The van der Waals surface area contributed by atoms with Gasteiger partial charge in [-0.3, -0.25) is 9.78 Å². The van der Waals surface area contributed by atoms with Gasteiger partial charge in [0.1, 0.15) is 0 Å². The SMILES string of the molecule is CC1CC(CN)CN1C(=O)c1cc(-c2cccnc2)on1.Cl.Cl. The Kier molecular flexibility index (Phi) is 7.00. The topological polar surface area (TPSA) is 85.2 Å². The number of pyridine rings is 1. The first-order valence-corrected chi connectivity index (χ1v) is 7.07. The summed E-state index contributed by atoms with van der Waals surface area (Å²) in [6, 6.07) is 5.53. The van der Waals surface area contributed by atoms with Gasteiger partial charge in [0.2, 0.25) is 0 Å². The summed E-state index contributed by atoms with van der Waals surface area (Å²) in [4.78, 5) is 18.4. The van der Waals surface area contributed by atoms with E-state index in [1.807, 2.05) is 24.0 Å². The molecule has 0 spiro atoms. The highest BCUT2D eigenvalue weighted by Crippen LogP contribution is 2.25. The molecule has 0 saturated carbocycles. The second-order valence-electron chi connectivity index (χ2n) is 5.46. The van der Waals surface area contributed by atoms with Crippen molar-refractivity contribution in [3.63, 3.8) is 0 Å². The van der Waals surface area contributed by atoms with Crippen molar-refractivity contribution in [3.05, 3.63) is 36.3 Å². The molecule has 2 unspecified atom stereocenters. The lowest BCUT2D eigenvalue weighted by Crippen LogP contribution is -2.34. The van der Waals surface area contributed by atoms with E-state index in [1.165, 1.54) is 0 Å². The number of amides is 1. The maximum atomic E-state index is 12.5. The van der Waals surface area contributed by atoms with Crippen molar-refractivity contribution in [1.29, 1.82) is 0 Å². The lowest BCUT2D eigenvalue weighted by molar-refractivity contribution is 0.0733. The molecule has 3 heterocycles. The van der Waals surface area contributed by atoms with Crippen LogP contribution < -0.4 is 5.73 Å². The zero-order valence-corrected chi connectivity index (χ0v) is 14.3. The Morgan fingerprint density at radius 3 is 2.87 bits per heavy atom. The van der Waals surface area contributed by atoms with Crippen molar-refractivity contribution >= 4 is 30.7 Å². The molecule has 1 aliphatic heterocycles.